The number of halogens is 3. The Labute approximate surface area is 180 Å². The van der Waals surface area contributed by atoms with Gasteiger partial charge in [-0.1, -0.05) is 60.3 Å². The summed E-state index contributed by atoms with van der Waals surface area (Å²) in [7, 11) is 0. The molecule has 2 heterocycles. The standard InChI is InChI=1S/C22H17F3N4OS/c23-22(24,25)17-10-11-19-27-28-21(29(19)13-17)31-14-20(30)26-18-9-5-4-8-16(18)12-15-6-2-1-3-7-15/h1-11,13H,12,14H2,(H,26,30). The number of hydrogen-bond acceptors (Lipinski definition) is 4. The molecule has 1 N–H and O–H groups in total. The Morgan fingerprint density at radius 3 is 2.48 bits per heavy atom. The third-order valence-electron chi connectivity index (χ3n) is 4.56. The molecule has 0 unspecified atom stereocenters. The molecule has 1 amide bonds. The van der Waals surface area contributed by atoms with E-state index < -0.39 is 11.7 Å². The van der Waals surface area contributed by atoms with E-state index in [1.54, 1.807) is 0 Å². The molecule has 0 bridgehead atoms. The summed E-state index contributed by atoms with van der Waals surface area (Å²) in [6.07, 6.45) is -2.87. The second-order valence-electron chi connectivity index (χ2n) is 6.78. The van der Waals surface area contributed by atoms with Crippen molar-refractivity contribution in [1.29, 1.82) is 0 Å². The number of aromatic nitrogens is 3. The number of carbonyl (C=O) groups excluding carboxylic acids is 1. The van der Waals surface area contributed by atoms with Crippen molar-refractivity contribution in [2.75, 3.05) is 11.1 Å². The van der Waals surface area contributed by atoms with Gasteiger partial charge in [-0.25, -0.2) is 0 Å². The number of rotatable bonds is 6. The second kappa shape index (κ2) is 8.81. The zero-order valence-electron chi connectivity index (χ0n) is 16.1. The van der Waals surface area contributed by atoms with Gasteiger partial charge in [-0.3, -0.25) is 9.20 Å². The van der Waals surface area contributed by atoms with Gasteiger partial charge in [0.05, 0.1) is 11.3 Å². The number of benzene rings is 2. The van der Waals surface area contributed by atoms with Crippen molar-refractivity contribution >= 4 is 29.0 Å². The van der Waals surface area contributed by atoms with Crippen molar-refractivity contribution in [2.24, 2.45) is 0 Å². The molecular formula is C22H17F3N4OS. The van der Waals surface area contributed by atoms with Crippen LogP contribution in [0, 0.1) is 0 Å². The lowest BCUT2D eigenvalue weighted by Crippen LogP contribution is -2.15. The molecule has 0 spiro atoms. The Bertz CT molecular complexity index is 1210. The third-order valence-corrected chi connectivity index (χ3v) is 5.50. The fourth-order valence-electron chi connectivity index (χ4n) is 3.06. The maximum absolute atomic E-state index is 13.0. The van der Waals surface area contributed by atoms with E-state index in [1.807, 2.05) is 54.6 Å². The summed E-state index contributed by atoms with van der Waals surface area (Å²) in [5.41, 5.74) is 2.26. The van der Waals surface area contributed by atoms with Crippen molar-refractivity contribution in [3.8, 4) is 0 Å². The van der Waals surface area contributed by atoms with Gasteiger partial charge >= 0.3 is 6.18 Å². The summed E-state index contributed by atoms with van der Waals surface area (Å²) in [6.45, 7) is 0. The van der Waals surface area contributed by atoms with Gasteiger partial charge in [-0.05, 0) is 35.7 Å². The maximum Gasteiger partial charge on any atom is 0.417 e. The second-order valence-corrected chi connectivity index (χ2v) is 7.73. The fourth-order valence-corrected chi connectivity index (χ4v) is 3.78. The first kappa shape index (κ1) is 20.9. The summed E-state index contributed by atoms with van der Waals surface area (Å²) in [6, 6.07) is 19.6. The van der Waals surface area contributed by atoms with Gasteiger partial charge < -0.3 is 5.32 Å². The van der Waals surface area contributed by atoms with E-state index in [0.29, 0.717) is 12.1 Å². The van der Waals surface area contributed by atoms with Crippen LogP contribution in [0.3, 0.4) is 0 Å². The number of nitrogens with zero attached hydrogens (tertiary/aromatic N) is 3. The SMILES string of the molecule is O=C(CSc1nnc2ccc(C(F)(F)F)cn12)Nc1ccccc1Cc1ccccc1. The van der Waals surface area contributed by atoms with Crippen molar-refractivity contribution in [2.45, 2.75) is 17.8 Å². The largest absolute Gasteiger partial charge is 0.417 e. The number of nitrogens with one attached hydrogen (secondary N) is 1. The lowest BCUT2D eigenvalue weighted by atomic mass is 10.0. The first-order valence-electron chi connectivity index (χ1n) is 9.36. The van der Waals surface area contributed by atoms with Crippen LogP contribution in [0.15, 0.2) is 78.1 Å². The molecule has 0 aliphatic carbocycles. The van der Waals surface area contributed by atoms with E-state index in [9.17, 15) is 18.0 Å². The van der Waals surface area contributed by atoms with Crippen molar-refractivity contribution in [3.05, 3.63) is 89.6 Å². The molecule has 9 heteroatoms. The normalized spacial score (nSPS) is 11.6. The van der Waals surface area contributed by atoms with E-state index in [1.165, 1.54) is 10.5 Å². The minimum atomic E-state index is -4.47. The predicted molar refractivity (Wildman–Crippen MR) is 113 cm³/mol. The zero-order valence-corrected chi connectivity index (χ0v) is 17.0. The number of amides is 1. The number of para-hydroxylation sites is 1. The molecule has 0 saturated heterocycles. The molecule has 0 fully saturated rings. The van der Waals surface area contributed by atoms with Crippen LogP contribution in [-0.4, -0.2) is 26.3 Å². The van der Waals surface area contributed by atoms with Gasteiger partial charge in [0, 0.05) is 11.9 Å². The monoisotopic (exact) mass is 442 g/mol. The maximum atomic E-state index is 13.0. The summed E-state index contributed by atoms with van der Waals surface area (Å²) in [5, 5.41) is 10.9. The number of anilines is 1. The fraction of sp³-hybridized carbons (Fsp3) is 0.136. The van der Waals surface area contributed by atoms with Gasteiger partial charge in [0.1, 0.15) is 0 Å². The minimum absolute atomic E-state index is 0.0172. The van der Waals surface area contributed by atoms with Gasteiger partial charge in [-0.2, -0.15) is 13.2 Å². The predicted octanol–water partition coefficient (Wildman–Crippen LogP) is 5.07. The van der Waals surface area contributed by atoms with Crippen molar-refractivity contribution in [1.82, 2.24) is 14.6 Å². The van der Waals surface area contributed by atoms with Gasteiger partial charge in [0.25, 0.3) is 0 Å². The molecule has 0 atom stereocenters. The molecule has 0 aliphatic rings. The van der Waals surface area contributed by atoms with Crippen LogP contribution in [0.5, 0.6) is 0 Å². The molecule has 4 aromatic rings. The van der Waals surface area contributed by atoms with Gasteiger partial charge in [-0.15, -0.1) is 10.2 Å². The van der Waals surface area contributed by atoms with Crippen molar-refractivity contribution in [3.63, 3.8) is 0 Å². The van der Waals surface area contributed by atoms with Gasteiger partial charge in [0.2, 0.25) is 5.91 Å². The number of carbonyl (C=O) groups is 1. The first-order chi connectivity index (χ1) is 14.9. The summed E-state index contributed by atoms with van der Waals surface area (Å²) < 4.78 is 40.2. The number of hydrogen-bond donors (Lipinski definition) is 1. The van der Waals surface area contributed by atoms with E-state index >= 15 is 0 Å². The molecule has 31 heavy (non-hydrogen) atoms. The Kier molecular flexibility index (Phi) is 5.94. The Hall–Kier alpha value is -3.33. The average Bonchev–Trinajstić information content (AvgIpc) is 3.16. The highest BCUT2D eigenvalue weighted by atomic mass is 32.2. The Morgan fingerprint density at radius 1 is 0.968 bits per heavy atom. The van der Waals surface area contributed by atoms with Crippen LogP contribution >= 0.6 is 11.8 Å². The molecule has 0 radical (unpaired) electrons. The smallest absolute Gasteiger partial charge is 0.325 e. The summed E-state index contributed by atoms with van der Waals surface area (Å²) >= 11 is 1.02. The number of alkyl halides is 3. The molecule has 2 aromatic heterocycles. The summed E-state index contributed by atoms with van der Waals surface area (Å²) in [5.74, 6) is -0.300. The molecule has 2 aromatic carbocycles. The molecule has 5 nitrogen and oxygen atoms in total. The quantitative estimate of drug-likeness (QED) is 0.424. The average molecular weight is 442 g/mol. The zero-order chi connectivity index (χ0) is 21.8. The number of pyridine rings is 1. The van der Waals surface area contributed by atoms with E-state index in [-0.39, 0.29) is 22.5 Å². The van der Waals surface area contributed by atoms with Crippen molar-refractivity contribution < 1.29 is 18.0 Å². The highest BCUT2D eigenvalue weighted by molar-refractivity contribution is 7.99. The molecule has 0 saturated carbocycles. The van der Waals surface area contributed by atoms with Crippen LogP contribution in [0.4, 0.5) is 18.9 Å². The minimum Gasteiger partial charge on any atom is -0.325 e. The van der Waals surface area contributed by atoms with Crippen LogP contribution in [0.2, 0.25) is 0 Å². The highest BCUT2D eigenvalue weighted by Crippen LogP contribution is 2.30. The van der Waals surface area contributed by atoms with Crippen LogP contribution in [0.25, 0.3) is 5.65 Å². The first-order valence-corrected chi connectivity index (χ1v) is 10.4. The lowest BCUT2D eigenvalue weighted by Gasteiger charge is -2.11. The Morgan fingerprint density at radius 2 is 1.71 bits per heavy atom. The molecule has 4 rings (SSSR count). The summed E-state index contributed by atoms with van der Waals surface area (Å²) in [4.78, 5) is 12.5. The lowest BCUT2D eigenvalue weighted by molar-refractivity contribution is -0.137. The van der Waals surface area contributed by atoms with Crippen LogP contribution in [-0.2, 0) is 17.4 Å². The van der Waals surface area contributed by atoms with E-state index in [0.717, 1.165) is 35.2 Å². The van der Waals surface area contributed by atoms with Crippen LogP contribution in [0.1, 0.15) is 16.7 Å². The van der Waals surface area contributed by atoms with E-state index in [2.05, 4.69) is 15.5 Å². The topological polar surface area (TPSA) is 59.3 Å². The number of fused-ring (bicyclic) bond motifs is 1. The highest BCUT2D eigenvalue weighted by Gasteiger charge is 2.31. The third kappa shape index (κ3) is 5.05. The Balaban J connectivity index is 1.45. The molecule has 158 valence electrons. The van der Waals surface area contributed by atoms with Gasteiger partial charge in [0.15, 0.2) is 10.8 Å². The molecule has 0 aliphatic heterocycles. The molecular weight excluding hydrogens is 425 g/mol. The van der Waals surface area contributed by atoms with E-state index in [4.69, 9.17) is 0 Å². The van der Waals surface area contributed by atoms with Crippen LogP contribution < -0.4 is 5.32 Å². The number of thioether (sulfide) groups is 1.